The lowest BCUT2D eigenvalue weighted by Crippen LogP contribution is -2.44. The quantitative estimate of drug-likeness (QED) is 0.379. The van der Waals surface area contributed by atoms with Gasteiger partial charge in [0, 0.05) is 43.8 Å². The van der Waals surface area contributed by atoms with Gasteiger partial charge in [0.15, 0.2) is 5.88 Å². The van der Waals surface area contributed by atoms with Crippen LogP contribution in [0.15, 0.2) is 42.5 Å². The van der Waals surface area contributed by atoms with Crippen LogP contribution < -0.4 is 15.4 Å². The number of aromatic nitrogens is 2. The molecule has 9 heteroatoms. The average molecular weight is 425 g/mol. The molecule has 0 radical (unpaired) electrons. The number of methoxy groups -OCH3 is 1. The van der Waals surface area contributed by atoms with Gasteiger partial charge in [0.05, 0.1) is 18.2 Å². The fourth-order valence-corrected chi connectivity index (χ4v) is 3.43. The van der Waals surface area contributed by atoms with Gasteiger partial charge in [0.25, 0.3) is 5.91 Å². The molecule has 2 aromatic heterocycles. The maximum absolute atomic E-state index is 12.5. The van der Waals surface area contributed by atoms with E-state index >= 15 is 0 Å². The number of pyridine rings is 2. The SMILES string of the molecule is CCN1CCC(NC(=O)c2ccc(N/C(O)=C(\C=N)c3ccnc(OC)c3)nc2)CC1. The van der Waals surface area contributed by atoms with E-state index in [4.69, 9.17) is 10.1 Å². The Morgan fingerprint density at radius 3 is 2.68 bits per heavy atom. The van der Waals surface area contributed by atoms with Gasteiger partial charge in [0.2, 0.25) is 5.88 Å². The van der Waals surface area contributed by atoms with E-state index in [1.54, 1.807) is 24.3 Å². The molecule has 1 fully saturated rings. The van der Waals surface area contributed by atoms with Gasteiger partial charge in [-0.2, -0.15) is 0 Å². The van der Waals surface area contributed by atoms with E-state index in [0.29, 0.717) is 22.8 Å². The number of nitrogens with zero attached hydrogens (tertiary/aromatic N) is 3. The predicted octanol–water partition coefficient (Wildman–Crippen LogP) is 2.69. The number of amides is 1. The van der Waals surface area contributed by atoms with E-state index in [9.17, 15) is 9.90 Å². The molecule has 3 rings (SSSR count). The van der Waals surface area contributed by atoms with Crippen LogP contribution in [-0.4, -0.2) is 64.9 Å². The molecular formula is C22H28N6O3. The third kappa shape index (κ3) is 5.79. The standard InChI is InChI=1S/C22H28N6O3/c1-3-28-10-7-17(8-11-28)26-21(29)16-4-5-19(25-14-16)27-22(30)18(13-23)15-6-9-24-20(12-15)31-2/h4-6,9,12-14,17,23,30H,3,7-8,10-11H2,1-2H3,(H,25,27)(H,26,29)/b22-18-,23-13?. The van der Waals surface area contributed by atoms with E-state index in [1.807, 2.05) is 0 Å². The molecule has 1 saturated heterocycles. The summed E-state index contributed by atoms with van der Waals surface area (Å²) in [6.07, 6.45) is 5.91. The van der Waals surface area contributed by atoms with Crippen molar-refractivity contribution in [3.05, 3.63) is 53.7 Å². The van der Waals surface area contributed by atoms with Gasteiger partial charge >= 0.3 is 0 Å². The van der Waals surface area contributed by atoms with Crippen LogP contribution in [0.5, 0.6) is 5.88 Å². The number of ether oxygens (including phenoxy) is 1. The topological polar surface area (TPSA) is 123 Å². The third-order valence-electron chi connectivity index (χ3n) is 5.30. The summed E-state index contributed by atoms with van der Waals surface area (Å²) in [6.45, 7) is 5.17. The molecule has 164 valence electrons. The largest absolute Gasteiger partial charge is 0.494 e. The number of hydrogen-bond acceptors (Lipinski definition) is 8. The lowest BCUT2D eigenvalue weighted by molar-refractivity contribution is 0.0912. The zero-order valence-corrected chi connectivity index (χ0v) is 17.8. The number of aliphatic hydroxyl groups excluding tert-OH is 1. The van der Waals surface area contributed by atoms with Gasteiger partial charge < -0.3 is 30.8 Å². The fraction of sp³-hybridized carbons (Fsp3) is 0.364. The van der Waals surface area contributed by atoms with Gasteiger partial charge in [-0.25, -0.2) is 9.97 Å². The number of aliphatic hydroxyl groups is 1. The summed E-state index contributed by atoms with van der Waals surface area (Å²) < 4.78 is 5.08. The minimum absolute atomic E-state index is 0.155. The number of allylic oxidation sites excluding steroid dienone is 1. The summed E-state index contributed by atoms with van der Waals surface area (Å²) in [7, 11) is 1.49. The lowest BCUT2D eigenvalue weighted by atomic mass is 10.0. The molecule has 0 spiro atoms. The summed E-state index contributed by atoms with van der Waals surface area (Å²) in [5.74, 6) is 0.331. The van der Waals surface area contributed by atoms with Gasteiger partial charge in [-0.3, -0.25) is 4.79 Å². The molecule has 3 heterocycles. The van der Waals surface area contributed by atoms with Crippen molar-refractivity contribution in [1.29, 1.82) is 5.41 Å². The van der Waals surface area contributed by atoms with Crippen LogP contribution in [0.25, 0.3) is 5.57 Å². The Kier molecular flexibility index (Phi) is 7.55. The molecule has 0 saturated carbocycles. The summed E-state index contributed by atoms with van der Waals surface area (Å²) >= 11 is 0. The van der Waals surface area contributed by atoms with Crippen molar-refractivity contribution in [2.75, 3.05) is 32.1 Å². The first-order chi connectivity index (χ1) is 15.0. The molecule has 0 bridgehead atoms. The molecular weight excluding hydrogens is 396 g/mol. The number of carbonyl (C=O) groups excluding carboxylic acids is 1. The first-order valence-corrected chi connectivity index (χ1v) is 10.2. The lowest BCUT2D eigenvalue weighted by Gasteiger charge is -2.31. The number of nitrogens with one attached hydrogen (secondary N) is 3. The second-order valence-electron chi connectivity index (χ2n) is 7.23. The van der Waals surface area contributed by atoms with Gasteiger partial charge in [-0.05, 0) is 43.1 Å². The van der Waals surface area contributed by atoms with Gasteiger partial charge in [-0.1, -0.05) is 6.92 Å². The smallest absolute Gasteiger partial charge is 0.253 e. The second kappa shape index (κ2) is 10.5. The molecule has 2 aromatic rings. The Morgan fingerprint density at radius 2 is 2.06 bits per heavy atom. The minimum atomic E-state index is -0.240. The number of likely N-dealkylation sites (tertiary alicyclic amines) is 1. The Hall–Kier alpha value is -3.46. The molecule has 0 unspecified atom stereocenters. The normalized spacial score (nSPS) is 15.7. The third-order valence-corrected chi connectivity index (χ3v) is 5.30. The summed E-state index contributed by atoms with van der Waals surface area (Å²) in [5, 5.41) is 23.9. The van der Waals surface area contributed by atoms with Crippen molar-refractivity contribution in [1.82, 2.24) is 20.2 Å². The molecule has 9 nitrogen and oxygen atoms in total. The van der Waals surface area contributed by atoms with Crippen LogP contribution in [0, 0.1) is 5.41 Å². The van der Waals surface area contributed by atoms with E-state index < -0.39 is 0 Å². The number of hydrogen-bond donors (Lipinski definition) is 4. The molecule has 0 aromatic carbocycles. The monoisotopic (exact) mass is 424 g/mol. The average Bonchev–Trinajstić information content (AvgIpc) is 2.80. The van der Waals surface area contributed by atoms with E-state index in [2.05, 4.69) is 32.4 Å². The Morgan fingerprint density at radius 1 is 1.29 bits per heavy atom. The second-order valence-corrected chi connectivity index (χ2v) is 7.23. The molecule has 1 aliphatic heterocycles. The summed E-state index contributed by atoms with van der Waals surface area (Å²) in [4.78, 5) is 23.1. The molecule has 0 atom stereocenters. The molecule has 1 amide bonds. The maximum Gasteiger partial charge on any atom is 0.253 e. The highest BCUT2D eigenvalue weighted by Crippen LogP contribution is 2.20. The van der Waals surface area contributed by atoms with Crippen molar-refractivity contribution in [3.63, 3.8) is 0 Å². The molecule has 4 N–H and O–H groups in total. The number of anilines is 1. The highest BCUT2D eigenvalue weighted by atomic mass is 16.5. The van der Waals surface area contributed by atoms with Crippen molar-refractivity contribution >= 4 is 23.5 Å². The zero-order valence-electron chi connectivity index (χ0n) is 17.8. The molecule has 0 aliphatic carbocycles. The van der Waals surface area contributed by atoms with Crippen LogP contribution in [-0.2, 0) is 0 Å². The van der Waals surface area contributed by atoms with Crippen molar-refractivity contribution in [3.8, 4) is 5.88 Å². The minimum Gasteiger partial charge on any atom is -0.494 e. The summed E-state index contributed by atoms with van der Waals surface area (Å²) in [5.41, 5.74) is 1.28. The molecule has 1 aliphatic rings. The Labute approximate surface area is 181 Å². The van der Waals surface area contributed by atoms with Crippen LogP contribution in [0.2, 0.25) is 0 Å². The van der Waals surface area contributed by atoms with Crippen molar-refractivity contribution in [2.24, 2.45) is 0 Å². The number of carbonyl (C=O) groups is 1. The Balaban J connectivity index is 1.64. The number of piperidine rings is 1. The van der Waals surface area contributed by atoms with Crippen molar-refractivity contribution in [2.45, 2.75) is 25.8 Å². The van der Waals surface area contributed by atoms with Crippen LogP contribution in [0.3, 0.4) is 0 Å². The highest BCUT2D eigenvalue weighted by Gasteiger charge is 2.20. The highest BCUT2D eigenvalue weighted by molar-refractivity contribution is 6.09. The fourth-order valence-electron chi connectivity index (χ4n) is 3.43. The van der Waals surface area contributed by atoms with Crippen LogP contribution in [0.4, 0.5) is 5.82 Å². The van der Waals surface area contributed by atoms with E-state index in [1.165, 1.54) is 19.5 Å². The maximum atomic E-state index is 12.5. The Bertz CT molecular complexity index is 937. The summed E-state index contributed by atoms with van der Waals surface area (Å²) in [6, 6.07) is 6.71. The van der Waals surface area contributed by atoms with Crippen molar-refractivity contribution < 1.29 is 14.6 Å². The molecule has 31 heavy (non-hydrogen) atoms. The first-order valence-electron chi connectivity index (χ1n) is 10.2. The first kappa shape index (κ1) is 22.2. The number of rotatable bonds is 8. The zero-order chi connectivity index (χ0) is 22.2. The van der Waals surface area contributed by atoms with E-state index in [0.717, 1.165) is 38.7 Å². The van der Waals surface area contributed by atoms with Crippen LogP contribution in [0.1, 0.15) is 35.7 Å². The van der Waals surface area contributed by atoms with Gasteiger partial charge in [0.1, 0.15) is 5.82 Å². The van der Waals surface area contributed by atoms with Crippen LogP contribution >= 0.6 is 0 Å². The van der Waals surface area contributed by atoms with E-state index in [-0.39, 0.29) is 23.4 Å². The van der Waals surface area contributed by atoms with Gasteiger partial charge in [-0.15, -0.1) is 0 Å². The predicted molar refractivity (Wildman–Crippen MR) is 120 cm³/mol.